The lowest BCUT2D eigenvalue weighted by Crippen LogP contribution is -2.29. The standard InChI is InChI=1S/C21H22FNO5S/c1-14(24)15-7-8-19(27-2)17(9-15)12-29-13-21(26)28-11-20(25)23-10-16-5-3-4-6-18(16)22/h3-9H,10-13H2,1-2H3,(H,23,25). The van der Waals surface area contributed by atoms with Gasteiger partial charge in [0, 0.05) is 29.0 Å². The van der Waals surface area contributed by atoms with Crippen molar-refractivity contribution in [3.63, 3.8) is 0 Å². The molecule has 0 radical (unpaired) electrons. The molecular weight excluding hydrogens is 397 g/mol. The van der Waals surface area contributed by atoms with Crippen LogP contribution in [0.5, 0.6) is 5.75 Å². The highest BCUT2D eigenvalue weighted by Crippen LogP contribution is 2.25. The average molecular weight is 419 g/mol. The second kappa shape index (κ2) is 11.2. The van der Waals surface area contributed by atoms with Gasteiger partial charge in [0.05, 0.1) is 12.9 Å². The predicted octanol–water partition coefficient (Wildman–Crippen LogP) is 3.13. The summed E-state index contributed by atoms with van der Waals surface area (Å²) in [5.74, 6) is -0.416. The minimum atomic E-state index is -0.544. The van der Waals surface area contributed by atoms with E-state index >= 15 is 0 Å². The molecular formula is C21H22FNO5S. The van der Waals surface area contributed by atoms with Crippen LogP contribution >= 0.6 is 11.8 Å². The van der Waals surface area contributed by atoms with Crippen LogP contribution in [0.1, 0.15) is 28.4 Å². The van der Waals surface area contributed by atoms with Crippen LogP contribution in [0, 0.1) is 5.82 Å². The monoisotopic (exact) mass is 419 g/mol. The van der Waals surface area contributed by atoms with Crippen LogP contribution in [0.15, 0.2) is 42.5 Å². The van der Waals surface area contributed by atoms with E-state index in [4.69, 9.17) is 9.47 Å². The van der Waals surface area contributed by atoms with Gasteiger partial charge in [0.2, 0.25) is 0 Å². The normalized spacial score (nSPS) is 10.3. The Bertz CT molecular complexity index is 887. The van der Waals surface area contributed by atoms with E-state index in [-0.39, 0.29) is 18.1 Å². The van der Waals surface area contributed by atoms with Gasteiger partial charge in [-0.05, 0) is 31.2 Å². The lowest BCUT2D eigenvalue weighted by Gasteiger charge is -2.10. The molecule has 0 aliphatic rings. The Balaban J connectivity index is 1.73. The molecule has 0 aliphatic heterocycles. The number of halogens is 1. The molecule has 0 bridgehead atoms. The van der Waals surface area contributed by atoms with Crippen LogP contribution in [-0.2, 0) is 26.6 Å². The quantitative estimate of drug-likeness (QED) is 0.471. The molecule has 0 heterocycles. The summed E-state index contributed by atoms with van der Waals surface area (Å²) in [4.78, 5) is 35.1. The fourth-order valence-electron chi connectivity index (χ4n) is 2.43. The zero-order valence-electron chi connectivity index (χ0n) is 16.2. The number of nitrogens with one attached hydrogen (secondary N) is 1. The van der Waals surface area contributed by atoms with Gasteiger partial charge in [0.1, 0.15) is 11.6 Å². The van der Waals surface area contributed by atoms with Gasteiger partial charge in [-0.25, -0.2) is 4.39 Å². The summed E-state index contributed by atoms with van der Waals surface area (Å²) in [5, 5.41) is 2.50. The number of carbonyl (C=O) groups excluding carboxylic acids is 3. The largest absolute Gasteiger partial charge is 0.496 e. The number of thioether (sulfide) groups is 1. The van der Waals surface area contributed by atoms with Gasteiger partial charge in [-0.1, -0.05) is 18.2 Å². The fourth-order valence-corrected chi connectivity index (χ4v) is 3.23. The Morgan fingerprint density at radius 3 is 2.55 bits per heavy atom. The van der Waals surface area contributed by atoms with E-state index in [1.807, 2.05) is 0 Å². The highest BCUT2D eigenvalue weighted by atomic mass is 32.2. The zero-order chi connectivity index (χ0) is 21.2. The Kier molecular flexibility index (Phi) is 8.67. The molecule has 0 atom stereocenters. The molecule has 6 nitrogen and oxygen atoms in total. The van der Waals surface area contributed by atoms with E-state index in [0.29, 0.717) is 22.6 Å². The minimum absolute atomic E-state index is 0.0179. The van der Waals surface area contributed by atoms with E-state index in [1.165, 1.54) is 31.9 Å². The van der Waals surface area contributed by atoms with Crippen LogP contribution in [0.25, 0.3) is 0 Å². The second-order valence-electron chi connectivity index (χ2n) is 6.10. The molecule has 2 aromatic rings. The van der Waals surface area contributed by atoms with Crippen molar-refractivity contribution in [1.29, 1.82) is 0 Å². The summed E-state index contributed by atoms with van der Waals surface area (Å²) < 4.78 is 23.7. The molecule has 0 fully saturated rings. The number of carbonyl (C=O) groups is 3. The molecule has 0 spiro atoms. The first-order valence-corrected chi connectivity index (χ1v) is 9.97. The smallest absolute Gasteiger partial charge is 0.316 e. The third kappa shape index (κ3) is 7.23. The van der Waals surface area contributed by atoms with Gasteiger partial charge in [-0.2, -0.15) is 0 Å². The van der Waals surface area contributed by atoms with E-state index < -0.39 is 24.3 Å². The van der Waals surface area contributed by atoms with Crippen molar-refractivity contribution in [2.45, 2.75) is 19.2 Å². The van der Waals surface area contributed by atoms with Crippen molar-refractivity contribution in [2.24, 2.45) is 0 Å². The van der Waals surface area contributed by atoms with Crippen LogP contribution in [0.3, 0.4) is 0 Å². The molecule has 8 heteroatoms. The number of hydrogen-bond acceptors (Lipinski definition) is 6. The molecule has 154 valence electrons. The topological polar surface area (TPSA) is 81.7 Å². The first-order chi connectivity index (χ1) is 13.9. The predicted molar refractivity (Wildman–Crippen MR) is 108 cm³/mol. The van der Waals surface area contributed by atoms with E-state index in [2.05, 4.69) is 5.32 Å². The number of benzene rings is 2. The molecule has 0 saturated carbocycles. The summed E-state index contributed by atoms with van der Waals surface area (Å²) in [7, 11) is 1.53. The third-order valence-electron chi connectivity index (χ3n) is 3.96. The minimum Gasteiger partial charge on any atom is -0.496 e. The zero-order valence-corrected chi connectivity index (χ0v) is 17.0. The van der Waals surface area contributed by atoms with E-state index in [0.717, 1.165) is 5.56 Å². The highest BCUT2D eigenvalue weighted by Gasteiger charge is 2.11. The molecule has 1 amide bonds. The van der Waals surface area contributed by atoms with Gasteiger partial charge >= 0.3 is 5.97 Å². The van der Waals surface area contributed by atoms with Gasteiger partial charge in [0.15, 0.2) is 12.4 Å². The number of ether oxygens (including phenoxy) is 2. The summed E-state index contributed by atoms with van der Waals surface area (Å²) in [5.41, 5.74) is 1.71. The summed E-state index contributed by atoms with van der Waals surface area (Å²) in [6.07, 6.45) is 0. The van der Waals surface area contributed by atoms with E-state index in [1.54, 1.807) is 36.4 Å². The molecule has 0 aliphatic carbocycles. The lowest BCUT2D eigenvalue weighted by molar-refractivity contribution is -0.145. The maximum atomic E-state index is 13.5. The molecule has 2 aromatic carbocycles. The van der Waals surface area contributed by atoms with E-state index in [9.17, 15) is 18.8 Å². The highest BCUT2D eigenvalue weighted by molar-refractivity contribution is 7.99. The van der Waals surface area contributed by atoms with Crippen molar-refractivity contribution >= 4 is 29.4 Å². The van der Waals surface area contributed by atoms with Gasteiger partial charge < -0.3 is 14.8 Å². The molecule has 0 unspecified atom stereocenters. The lowest BCUT2D eigenvalue weighted by atomic mass is 10.1. The first kappa shape index (κ1) is 22.4. The molecule has 0 saturated heterocycles. The van der Waals surface area contributed by atoms with Gasteiger partial charge in [-0.15, -0.1) is 11.8 Å². The number of methoxy groups -OCH3 is 1. The maximum Gasteiger partial charge on any atom is 0.316 e. The number of rotatable bonds is 10. The number of hydrogen-bond donors (Lipinski definition) is 1. The number of amides is 1. The number of ketones is 1. The van der Waals surface area contributed by atoms with Crippen molar-refractivity contribution in [2.75, 3.05) is 19.5 Å². The van der Waals surface area contributed by atoms with Crippen LogP contribution < -0.4 is 10.1 Å². The molecule has 1 N–H and O–H groups in total. The SMILES string of the molecule is COc1ccc(C(C)=O)cc1CSCC(=O)OCC(=O)NCc1ccccc1F. The van der Waals surface area contributed by atoms with Crippen molar-refractivity contribution in [3.05, 3.63) is 65.0 Å². The number of esters is 1. The van der Waals surface area contributed by atoms with Crippen LogP contribution in [-0.4, -0.2) is 37.1 Å². The summed E-state index contributed by atoms with van der Waals surface area (Å²) in [6, 6.07) is 11.2. The maximum absolute atomic E-state index is 13.5. The Hall–Kier alpha value is -2.87. The van der Waals surface area contributed by atoms with Gasteiger partial charge in [0.25, 0.3) is 5.91 Å². The van der Waals surface area contributed by atoms with Crippen LogP contribution in [0.4, 0.5) is 4.39 Å². The molecule has 29 heavy (non-hydrogen) atoms. The fraction of sp³-hybridized carbons (Fsp3) is 0.286. The Labute approximate surface area is 172 Å². The summed E-state index contributed by atoms with van der Waals surface area (Å²) >= 11 is 1.28. The van der Waals surface area contributed by atoms with Crippen molar-refractivity contribution in [3.8, 4) is 5.75 Å². The first-order valence-electron chi connectivity index (χ1n) is 8.82. The molecule has 2 rings (SSSR count). The average Bonchev–Trinajstić information content (AvgIpc) is 2.71. The number of Topliss-reactive ketones (excluding diaryl/α,β-unsaturated/α-hetero) is 1. The molecule has 0 aromatic heterocycles. The summed E-state index contributed by atoms with van der Waals surface area (Å²) in [6.45, 7) is 1.06. The van der Waals surface area contributed by atoms with Crippen LogP contribution in [0.2, 0.25) is 0 Å². The van der Waals surface area contributed by atoms with Gasteiger partial charge in [-0.3, -0.25) is 14.4 Å². The second-order valence-corrected chi connectivity index (χ2v) is 7.09. The van der Waals surface area contributed by atoms with Crippen molar-refractivity contribution < 1.29 is 28.2 Å². The Morgan fingerprint density at radius 2 is 1.86 bits per heavy atom. The Morgan fingerprint density at radius 1 is 1.10 bits per heavy atom. The van der Waals surface area contributed by atoms with Crippen molar-refractivity contribution in [1.82, 2.24) is 5.32 Å². The third-order valence-corrected chi connectivity index (χ3v) is 4.92.